The number of benzene rings is 1. The zero-order valence-electron chi connectivity index (χ0n) is 34.2. The smallest absolute Gasteiger partial charge is 0.409 e. The molecule has 24 heteroatoms. The SMILES string of the molecule is C[C@@H]1[C@@H]2OP(=O)(O)OCC34C[C@@H]3[C@@H](n3cnc5c(=O)[nH]c(N)nc53)[C@H](O[Si](C)(C)C(C)(C)C)[C@@H]4OP(=O)(O)OC[C@H]2C[C@H]1n1cnc2c(NC(=O)c3ccccc3)ncnc21. The van der Waals surface area contributed by atoms with Gasteiger partial charge in [-0.3, -0.25) is 32.7 Å². The maximum Gasteiger partial charge on any atom is 0.472 e. The first kappa shape index (κ1) is 42.1. The van der Waals surface area contributed by atoms with Crippen LogP contribution in [0.3, 0.4) is 0 Å². The summed E-state index contributed by atoms with van der Waals surface area (Å²) < 4.78 is 62.6. The Labute approximate surface area is 350 Å². The van der Waals surface area contributed by atoms with Crippen molar-refractivity contribution in [3.8, 4) is 0 Å². The van der Waals surface area contributed by atoms with Crippen LogP contribution in [-0.4, -0.2) is 94.6 Å². The maximum absolute atomic E-state index is 14.2. The summed E-state index contributed by atoms with van der Waals surface area (Å²) in [6.45, 7) is 11.2. The van der Waals surface area contributed by atoms with Gasteiger partial charge in [0.25, 0.3) is 11.5 Å². The van der Waals surface area contributed by atoms with Crippen molar-refractivity contribution in [1.82, 2.24) is 39.0 Å². The Morgan fingerprint density at radius 3 is 2.46 bits per heavy atom. The largest absolute Gasteiger partial charge is 0.472 e. The molecule has 3 unspecified atom stereocenters. The molecule has 1 amide bonds. The number of nitrogens with zero attached hydrogens (tertiary/aromatic N) is 7. The van der Waals surface area contributed by atoms with Crippen molar-refractivity contribution >= 4 is 64.0 Å². The Morgan fingerprint density at radius 1 is 1.02 bits per heavy atom. The van der Waals surface area contributed by atoms with Crippen LogP contribution < -0.4 is 16.6 Å². The number of imidazole rings is 2. The number of nitrogen functional groups attached to an aromatic ring is 1. The van der Waals surface area contributed by atoms with Gasteiger partial charge in [-0.1, -0.05) is 45.9 Å². The van der Waals surface area contributed by atoms with E-state index in [-0.39, 0.29) is 40.3 Å². The topological polar surface area (TPSA) is 283 Å². The minimum absolute atomic E-state index is 0.0350. The van der Waals surface area contributed by atoms with Gasteiger partial charge in [-0.05, 0) is 49.0 Å². The standard InChI is InChI=1S/C37H48N10O11P2Si/c1-19-23(46-17-41-24-30(39-16-40-31(24)46)43-33(48)20-10-8-7-9-11-20)12-21-14-54-59(50,51)57-29-28(58-61(5,6)36(2,3)4)26(47-18-42-25-32(47)44-35(38)45-34(25)49)22-13-37(22,29)15-55-60(52,53)56-27(19)21/h7-11,16-19,21-23,26-29H,12-15H2,1-6H3,(H,50,51)(H,52,53)(H3,38,44,45,49)(H,39,40,43,48)/t19-,21+,22+,23+,26+,27-,28-,29-,37?/m0/s1. The van der Waals surface area contributed by atoms with Gasteiger partial charge in [0, 0.05) is 28.9 Å². The third kappa shape index (κ3) is 7.39. The van der Waals surface area contributed by atoms with Crippen molar-refractivity contribution in [2.24, 2.45) is 23.2 Å². The molecule has 0 radical (unpaired) electrons. The molecule has 326 valence electrons. The molecule has 21 nitrogen and oxygen atoms in total. The van der Waals surface area contributed by atoms with E-state index in [0.717, 1.165) is 0 Å². The van der Waals surface area contributed by atoms with E-state index in [1.165, 1.54) is 19.0 Å². The molecule has 3 aliphatic carbocycles. The van der Waals surface area contributed by atoms with Crippen LogP contribution in [0.2, 0.25) is 18.1 Å². The number of amides is 1. The van der Waals surface area contributed by atoms with Crippen molar-refractivity contribution in [2.45, 2.75) is 89.1 Å². The van der Waals surface area contributed by atoms with Crippen LogP contribution >= 0.6 is 15.6 Å². The van der Waals surface area contributed by atoms with Crippen molar-refractivity contribution in [3.63, 3.8) is 0 Å². The van der Waals surface area contributed by atoms with Crippen LogP contribution in [-0.2, 0) is 31.7 Å². The number of nitrogens with two attached hydrogens (primary N) is 1. The van der Waals surface area contributed by atoms with E-state index in [1.54, 1.807) is 39.5 Å². The number of H-pyrrole nitrogens is 1. The fourth-order valence-corrected chi connectivity index (χ4v) is 12.7. The van der Waals surface area contributed by atoms with E-state index in [2.05, 4.69) is 35.2 Å². The number of anilines is 2. The summed E-state index contributed by atoms with van der Waals surface area (Å²) in [5.74, 6) is -1.96. The number of phosphoric ester groups is 2. The molecule has 5 aromatic rings. The van der Waals surface area contributed by atoms with E-state index in [1.807, 2.05) is 40.8 Å². The summed E-state index contributed by atoms with van der Waals surface area (Å²) in [5.41, 5.74) is 5.64. The fraction of sp³-hybridized carbons (Fsp3) is 0.541. The van der Waals surface area contributed by atoms with Gasteiger partial charge in [0.1, 0.15) is 12.4 Å². The second-order valence-electron chi connectivity index (χ2n) is 18.0. The maximum atomic E-state index is 14.2. The minimum atomic E-state index is -4.90. The fourth-order valence-electron chi connectivity index (χ4n) is 9.17. The number of rotatable bonds is 6. The second kappa shape index (κ2) is 14.7. The molecule has 4 aliphatic rings. The molecule has 4 aromatic heterocycles. The predicted octanol–water partition coefficient (Wildman–Crippen LogP) is 4.96. The Balaban J connectivity index is 1.03. The van der Waals surface area contributed by atoms with Gasteiger partial charge in [-0.2, -0.15) is 4.98 Å². The van der Waals surface area contributed by atoms with Gasteiger partial charge in [-0.15, -0.1) is 0 Å². The molecule has 4 fully saturated rings. The lowest BCUT2D eigenvalue weighted by Crippen LogP contribution is -2.50. The Kier molecular flexibility index (Phi) is 10.1. The number of aromatic nitrogens is 8. The minimum Gasteiger partial charge on any atom is -0.409 e. The number of hydrogen-bond acceptors (Lipinski definition) is 15. The number of fused-ring (bicyclic) bond motifs is 3. The normalized spacial score (nSPS) is 34.3. The highest BCUT2D eigenvalue weighted by Gasteiger charge is 2.75. The average molecular weight is 899 g/mol. The van der Waals surface area contributed by atoms with Gasteiger partial charge in [0.05, 0.1) is 44.1 Å². The number of aromatic amines is 1. The van der Waals surface area contributed by atoms with E-state index >= 15 is 0 Å². The van der Waals surface area contributed by atoms with Crippen LogP contribution in [0.4, 0.5) is 11.8 Å². The van der Waals surface area contributed by atoms with Gasteiger partial charge in [-0.25, -0.2) is 29.1 Å². The molecular weight excluding hydrogens is 850 g/mol. The van der Waals surface area contributed by atoms with Crippen LogP contribution in [0.25, 0.3) is 22.3 Å². The quantitative estimate of drug-likeness (QED) is 0.111. The van der Waals surface area contributed by atoms with E-state index < -0.39 is 96.3 Å². The molecular formula is C37H48N10O11P2Si. The summed E-state index contributed by atoms with van der Waals surface area (Å²) in [6.07, 6.45) is 1.71. The highest BCUT2D eigenvalue weighted by molar-refractivity contribution is 7.47. The highest BCUT2D eigenvalue weighted by atomic mass is 31.2. The lowest BCUT2D eigenvalue weighted by molar-refractivity contribution is -0.0402. The number of phosphoric acid groups is 2. The van der Waals surface area contributed by atoms with E-state index in [9.17, 15) is 28.5 Å². The lowest BCUT2D eigenvalue weighted by Gasteiger charge is -2.43. The zero-order valence-corrected chi connectivity index (χ0v) is 37.0. The van der Waals surface area contributed by atoms with Gasteiger partial charge >= 0.3 is 15.6 Å². The Morgan fingerprint density at radius 2 is 1.72 bits per heavy atom. The van der Waals surface area contributed by atoms with Crippen LogP contribution in [0.5, 0.6) is 0 Å². The molecule has 1 aromatic carbocycles. The third-order valence-electron chi connectivity index (χ3n) is 13.4. The third-order valence-corrected chi connectivity index (χ3v) is 19.8. The van der Waals surface area contributed by atoms with Crippen molar-refractivity contribution < 1.29 is 46.2 Å². The van der Waals surface area contributed by atoms with Gasteiger partial charge in [0.15, 0.2) is 36.5 Å². The first-order chi connectivity index (χ1) is 28.7. The number of carbonyl (C=O) groups is 1. The molecule has 61 heavy (non-hydrogen) atoms. The molecule has 6 N–H and O–H groups in total. The van der Waals surface area contributed by atoms with Gasteiger partial charge in [0.2, 0.25) is 5.95 Å². The zero-order chi connectivity index (χ0) is 43.4. The molecule has 11 atom stereocenters. The number of hydrogen-bond donors (Lipinski definition) is 5. The van der Waals surface area contributed by atoms with Crippen molar-refractivity contribution in [2.75, 3.05) is 24.3 Å². The molecule has 1 spiro atoms. The Hall–Kier alpha value is -4.21. The number of carbonyl (C=O) groups excluding carboxylic acids is 1. The summed E-state index contributed by atoms with van der Waals surface area (Å²) in [6, 6.07) is 7.50. The van der Waals surface area contributed by atoms with E-state index in [4.69, 9.17) is 28.3 Å². The lowest BCUT2D eigenvalue weighted by atomic mass is 10.0. The monoisotopic (exact) mass is 898 g/mol. The highest BCUT2D eigenvalue weighted by Crippen LogP contribution is 2.73. The average Bonchev–Trinajstić information content (AvgIpc) is 3.44. The summed E-state index contributed by atoms with van der Waals surface area (Å²) in [5, 5.41) is 2.47. The Bertz CT molecular complexity index is 2690. The molecule has 1 saturated heterocycles. The van der Waals surface area contributed by atoms with Crippen LogP contribution in [0, 0.1) is 23.2 Å². The van der Waals surface area contributed by atoms with Crippen molar-refractivity contribution in [3.05, 3.63) is 65.2 Å². The molecule has 3 saturated carbocycles. The summed E-state index contributed by atoms with van der Waals surface area (Å²) >= 11 is 0. The summed E-state index contributed by atoms with van der Waals surface area (Å²) in [4.78, 5) is 73.2. The van der Waals surface area contributed by atoms with Crippen LogP contribution in [0.1, 0.15) is 63.0 Å². The van der Waals surface area contributed by atoms with E-state index in [0.29, 0.717) is 23.1 Å². The molecule has 1 aliphatic heterocycles. The van der Waals surface area contributed by atoms with Gasteiger partial charge < -0.3 is 34.4 Å². The molecule has 5 heterocycles. The molecule has 9 rings (SSSR count). The first-order valence-corrected chi connectivity index (χ1v) is 25.8. The molecule has 0 bridgehead atoms. The summed E-state index contributed by atoms with van der Waals surface area (Å²) in [7, 11) is -12.4. The second-order valence-corrected chi connectivity index (χ2v) is 25.6. The van der Waals surface area contributed by atoms with Crippen molar-refractivity contribution in [1.29, 1.82) is 0 Å². The predicted molar refractivity (Wildman–Crippen MR) is 222 cm³/mol. The van der Waals surface area contributed by atoms with Crippen LogP contribution in [0.15, 0.2) is 54.1 Å². The first-order valence-electron chi connectivity index (χ1n) is 19.9. The number of nitrogens with one attached hydrogen (secondary N) is 2.